The third kappa shape index (κ3) is 5.25. The highest BCUT2D eigenvalue weighted by atomic mass is 32.2. The third-order valence-electron chi connectivity index (χ3n) is 5.26. The zero-order chi connectivity index (χ0) is 21.5. The summed E-state index contributed by atoms with van der Waals surface area (Å²) in [6.45, 7) is 2.50. The fourth-order valence-corrected chi connectivity index (χ4v) is 4.58. The van der Waals surface area contributed by atoms with Crippen LogP contribution in [0.2, 0.25) is 0 Å². The molecular formula is C23H27N5O2S. The van der Waals surface area contributed by atoms with Crippen LogP contribution in [0.15, 0.2) is 53.9 Å². The maximum Gasteiger partial charge on any atom is 0.230 e. The summed E-state index contributed by atoms with van der Waals surface area (Å²) in [5.74, 6) is 1.73. The van der Waals surface area contributed by atoms with Crippen molar-refractivity contribution in [2.45, 2.75) is 50.2 Å². The summed E-state index contributed by atoms with van der Waals surface area (Å²) in [4.78, 5) is 16.8. The van der Waals surface area contributed by atoms with Crippen molar-refractivity contribution >= 4 is 17.7 Å². The Morgan fingerprint density at radius 2 is 2.00 bits per heavy atom. The van der Waals surface area contributed by atoms with E-state index in [9.17, 15) is 4.79 Å². The molecule has 1 fully saturated rings. The van der Waals surface area contributed by atoms with Crippen LogP contribution in [-0.4, -0.2) is 44.1 Å². The first-order valence-electron chi connectivity index (χ1n) is 10.8. The average Bonchev–Trinajstić information content (AvgIpc) is 3.23. The molecule has 0 saturated heterocycles. The normalized spacial score (nSPS) is 14.4. The summed E-state index contributed by atoms with van der Waals surface area (Å²) >= 11 is 1.38. The summed E-state index contributed by atoms with van der Waals surface area (Å²) in [7, 11) is 0. The maximum absolute atomic E-state index is 12.6. The van der Waals surface area contributed by atoms with E-state index >= 15 is 0 Å². The Labute approximate surface area is 186 Å². The van der Waals surface area contributed by atoms with Gasteiger partial charge < -0.3 is 10.1 Å². The Hall–Kier alpha value is -2.87. The molecule has 7 nitrogen and oxygen atoms in total. The number of thioether (sulfide) groups is 1. The number of nitrogens with zero attached hydrogens (tertiary/aromatic N) is 4. The monoisotopic (exact) mass is 437 g/mol. The fraction of sp³-hybridized carbons (Fsp3) is 0.391. The van der Waals surface area contributed by atoms with Crippen molar-refractivity contribution in [3.05, 3.63) is 48.8 Å². The second-order valence-electron chi connectivity index (χ2n) is 7.48. The molecule has 0 radical (unpaired) electrons. The minimum atomic E-state index is 0.0347. The van der Waals surface area contributed by atoms with Gasteiger partial charge in [0.1, 0.15) is 5.75 Å². The molecule has 8 heteroatoms. The lowest BCUT2D eigenvalue weighted by Crippen LogP contribution is -2.37. The standard InChI is InChI=1S/C23H27N5O2S/c1-2-30-20-13-7-6-12-19(20)28-22(17-9-8-14-24-15-17)26-27-23(28)31-16-21(29)25-18-10-4-3-5-11-18/h6-9,12-15,18H,2-5,10-11,16H2,1H3,(H,25,29). The van der Waals surface area contributed by atoms with Crippen LogP contribution < -0.4 is 10.1 Å². The summed E-state index contributed by atoms with van der Waals surface area (Å²) in [6.07, 6.45) is 9.27. The van der Waals surface area contributed by atoms with Crippen molar-refractivity contribution in [3.63, 3.8) is 0 Å². The number of para-hydroxylation sites is 2. The largest absolute Gasteiger partial charge is 0.492 e. The lowest BCUT2D eigenvalue weighted by molar-refractivity contribution is -0.119. The fourth-order valence-electron chi connectivity index (χ4n) is 3.83. The quantitative estimate of drug-likeness (QED) is 0.530. The molecule has 162 valence electrons. The lowest BCUT2D eigenvalue weighted by atomic mass is 9.95. The number of pyridine rings is 1. The second-order valence-corrected chi connectivity index (χ2v) is 8.42. The number of rotatable bonds is 8. The molecule has 0 atom stereocenters. The van der Waals surface area contributed by atoms with Crippen LogP contribution in [0.1, 0.15) is 39.0 Å². The Morgan fingerprint density at radius 3 is 2.77 bits per heavy atom. The van der Waals surface area contributed by atoms with Gasteiger partial charge in [-0.2, -0.15) is 0 Å². The van der Waals surface area contributed by atoms with Crippen LogP contribution in [-0.2, 0) is 4.79 Å². The van der Waals surface area contributed by atoms with E-state index in [4.69, 9.17) is 4.74 Å². The van der Waals surface area contributed by atoms with Gasteiger partial charge in [-0.25, -0.2) is 0 Å². The van der Waals surface area contributed by atoms with Crippen LogP contribution in [0, 0.1) is 0 Å². The van der Waals surface area contributed by atoms with Gasteiger partial charge in [0.05, 0.1) is 18.0 Å². The van der Waals surface area contributed by atoms with Crippen molar-refractivity contribution in [2.24, 2.45) is 0 Å². The number of ether oxygens (including phenoxy) is 1. The van der Waals surface area contributed by atoms with Gasteiger partial charge >= 0.3 is 0 Å². The van der Waals surface area contributed by atoms with Gasteiger partial charge in [0.25, 0.3) is 0 Å². The summed E-state index contributed by atoms with van der Waals surface area (Å²) in [6, 6.07) is 11.9. The summed E-state index contributed by atoms with van der Waals surface area (Å²) in [5.41, 5.74) is 1.68. The van der Waals surface area contributed by atoms with E-state index in [0.717, 1.165) is 29.8 Å². The topological polar surface area (TPSA) is 81.9 Å². The zero-order valence-electron chi connectivity index (χ0n) is 17.7. The SMILES string of the molecule is CCOc1ccccc1-n1c(SCC(=O)NC2CCCCC2)nnc1-c1cccnc1. The number of aromatic nitrogens is 4. The van der Waals surface area contributed by atoms with Crippen molar-refractivity contribution in [2.75, 3.05) is 12.4 Å². The number of hydrogen-bond acceptors (Lipinski definition) is 6. The van der Waals surface area contributed by atoms with Gasteiger partial charge in [-0.1, -0.05) is 43.2 Å². The van der Waals surface area contributed by atoms with Gasteiger partial charge in [-0.15, -0.1) is 10.2 Å². The molecule has 0 bridgehead atoms. The second kappa shape index (κ2) is 10.4. The van der Waals surface area contributed by atoms with Crippen molar-refractivity contribution in [3.8, 4) is 22.8 Å². The molecule has 1 aliphatic rings. The van der Waals surface area contributed by atoms with Gasteiger partial charge in [-0.3, -0.25) is 14.3 Å². The smallest absolute Gasteiger partial charge is 0.230 e. The first-order chi connectivity index (χ1) is 15.3. The van der Waals surface area contributed by atoms with Crippen LogP contribution >= 0.6 is 11.8 Å². The Balaban J connectivity index is 1.61. The molecule has 4 rings (SSSR count). The van der Waals surface area contributed by atoms with Crippen LogP contribution in [0.4, 0.5) is 0 Å². The molecule has 0 spiro atoms. The van der Waals surface area contributed by atoms with Crippen LogP contribution in [0.25, 0.3) is 17.1 Å². The molecule has 1 N–H and O–H groups in total. The van der Waals surface area contributed by atoms with E-state index in [2.05, 4.69) is 20.5 Å². The van der Waals surface area contributed by atoms with Crippen molar-refractivity contribution in [1.82, 2.24) is 25.1 Å². The molecule has 2 aromatic heterocycles. The molecule has 1 amide bonds. The predicted octanol–water partition coefficient (Wildman–Crippen LogP) is 4.27. The molecule has 1 aromatic carbocycles. The van der Waals surface area contributed by atoms with Gasteiger partial charge in [0.2, 0.25) is 5.91 Å². The summed E-state index contributed by atoms with van der Waals surface area (Å²) < 4.78 is 7.80. The average molecular weight is 438 g/mol. The molecule has 0 aliphatic heterocycles. The first-order valence-corrected chi connectivity index (χ1v) is 11.7. The third-order valence-corrected chi connectivity index (χ3v) is 6.19. The molecule has 2 heterocycles. The van der Waals surface area contributed by atoms with Gasteiger partial charge in [0.15, 0.2) is 11.0 Å². The molecule has 1 saturated carbocycles. The minimum absolute atomic E-state index is 0.0347. The van der Waals surface area contributed by atoms with E-state index in [-0.39, 0.29) is 5.91 Å². The van der Waals surface area contributed by atoms with Crippen molar-refractivity contribution in [1.29, 1.82) is 0 Å². The molecule has 31 heavy (non-hydrogen) atoms. The Morgan fingerprint density at radius 1 is 1.16 bits per heavy atom. The molecule has 0 unspecified atom stereocenters. The number of carbonyl (C=O) groups excluding carboxylic acids is 1. The summed E-state index contributed by atoms with van der Waals surface area (Å²) in [5, 5.41) is 12.6. The van der Waals surface area contributed by atoms with E-state index in [1.54, 1.807) is 12.4 Å². The molecule has 3 aromatic rings. The zero-order valence-corrected chi connectivity index (χ0v) is 18.5. The van der Waals surface area contributed by atoms with E-state index in [1.165, 1.54) is 31.0 Å². The van der Waals surface area contributed by atoms with Crippen LogP contribution in [0.5, 0.6) is 5.75 Å². The predicted molar refractivity (Wildman–Crippen MR) is 121 cm³/mol. The maximum atomic E-state index is 12.6. The number of benzene rings is 1. The Bertz CT molecular complexity index is 1000. The Kier molecular flexibility index (Phi) is 7.19. The highest BCUT2D eigenvalue weighted by Gasteiger charge is 2.21. The molecular weight excluding hydrogens is 410 g/mol. The number of carbonyl (C=O) groups is 1. The highest BCUT2D eigenvalue weighted by molar-refractivity contribution is 7.99. The van der Waals surface area contributed by atoms with E-state index in [1.807, 2.05) is 47.9 Å². The first kappa shape index (κ1) is 21.4. The van der Waals surface area contributed by atoms with Gasteiger partial charge in [-0.05, 0) is 44.0 Å². The van der Waals surface area contributed by atoms with Gasteiger partial charge in [0, 0.05) is 24.0 Å². The minimum Gasteiger partial charge on any atom is -0.492 e. The van der Waals surface area contributed by atoms with Crippen molar-refractivity contribution < 1.29 is 9.53 Å². The van der Waals surface area contributed by atoms with E-state index in [0.29, 0.717) is 29.4 Å². The lowest BCUT2D eigenvalue weighted by Gasteiger charge is -2.22. The van der Waals surface area contributed by atoms with Crippen LogP contribution in [0.3, 0.4) is 0 Å². The molecule has 1 aliphatic carbocycles. The highest BCUT2D eigenvalue weighted by Crippen LogP contribution is 2.32. The number of hydrogen-bond donors (Lipinski definition) is 1. The number of nitrogens with one attached hydrogen (secondary N) is 1. The number of amides is 1. The van der Waals surface area contributed by atoms with E-state index < -0.39 is 0 Å².